The molecule has 0 saturated carbocycles. The van der Waals surface area contributed by atoms with Crippen molar-refractivity contribution in [3.8, 4) is 5.75 Å². The molecule has 7 heteroatoms. The van der Waals surface area contributed by atoms with E-state index in [2.05, 4.69) is 22.9 Å². The summed E-state index contributed by atoms with van der Waals surface area (Å²) in [5.41, 5.74) is 4.44. The third-order valence-corrected chi connectivity index (χ3v) is 8.35. The van der Waals surface area contributed by atoms with Gasteiger partial charge in [0.25, 0.3) is 0 Å². The van der Waals surface area contributed by atoms with Crippen LogP contribution in [0.15, 0.2) is 69.7 Å². The molecule has 6 nitrogen and oxygen atoms in total. The molecule has 0 unspecified atom stereocenters. The van der Waals surface area contributed by atoms with Gasteiger partial charge in [0.2, 0.25) is 11.8 Å². The van der Waals surface area contributed by atoms with Crippen LogP contribution in [0.5, 0.6) is 5.75 Å². The van der Waals surface area contributed by atoms with E-state index in [9.17, 15) is 19.8 Å². The lowest BCUT2D eigenvalue weighted by Gasteiger charge is -2.31. The van der Waals surface area contributed by atoms with E-state index < -0.39 is 11.8 Å². The van der Waals surface area contributed by atoms with Crippen LogP contribution in [0, 0.1) is 17.8 Å². The number of hydrogen-bond donors (Lipinski definition) is 2. The first-order valence-corrected chi connectivity index (χ1v) is 13.8. The van der Waals surface area contributed by atoms with Gasteiger partial charge in [0.05, 0.1) is 36.8 Å². The number of para-hydroxylation sites is 1. The van der Waals surface area contributed by atoms with Gasteiger partial charge in [-0.1, -0.05) is 59.1 Å². The Labute approximate surface area is 225 Å². The molecule has 2 aromatic carbocycles. The van der Waals surface area contributed by atoms with Gasteiger partial charge in [-0.15, -0.1) is 0 Å². The molecule has 1 aliphatic carbocycles. The predicted molar refractivity (Wildman–Crippen MR) is 146 cm³/mol. The molecule has 2 fully saturated rings. The second-order valence-electron chi connectivity index (χ2n) is 10.1. The highest BCUT2D eigenvalue weighted by Gasteiger charge is 2.57. The number of nitrogens with zero attached hydrogens (tertiary/aromatic N) is 1. The number of halogens is 1. The SMILES string of the molecule is CCC/C(=C\c1cc(Br)ccc1O)CC[C@H]1OC[C@H]2C1=C(CO)C[C@H]1C(=O)N(c3ccccc3)C(=O)[C@H]12. The number of phenolic OH excluding ortho intramolecular Hbond substituents is 1. The number of anilines is 1. The Morgan fingerprint density at radius 3 is 2.62 bits per heavy atom. The molecule has 0 aromatic heterocycles. The van der Waals surface area contributed by atoms with Gasteiger partial charge in [-0.2, -0.15) is 0 Å². The Balaban J connectivity index is 1.37. The van der Waals surface area contributed by atoms with E-state index in [0.29, 0.717) is 18.7 Å². The minimum atomic E-state index is -0.457. The first-order valence-electron chi connectivity index (χ1n) is 13.0. The fraction of sp³-hybridized carbons (Fsp3) is 0.400. The van der Waals surface area contributed by atoms with Crippen molar-refractivity contribution in [2.75, 3.05) is 18.1 Å². The summed E-state index contributed by atoms with van der Waals surface area (Å²) in [6.45, 7) is 2.38. The number of carbonyl (C=O) groups is 2. The van der Waals surface area contributed by atoms with E-state index in [-0.39, 0.29) is 36.2 Å². The lowest BCUT2D eigenvalue weighted by Crippen LogP contribution is -2.35. The number of ether oxygens (including phenoxy) is 1. The molecule has 0 spiro atoms. The largest absolute Gasteiger partial charge is 0.507 e. The maximum atomic E-state index is 13.5. The molecule has 2 heterocycles. The van der Waals surface area contributed by atoms with Crippen LogP contribution in [0.4, 0.5) is 5.69 Å². The molecule has 2 aliphatic heterocycles. The highest BCUT2D eigenvalue weighted by atomic mass is 79.9. The van der Waals surface area contributed by atoms with Crippen LogP contribution in [0.1, 0.15) is 44.6 Å². The van der Waals surface area contributed by atoms with Crippen molar-refractivity contribution >= 4 is 39.5 Å². The number of rotatable bonds is 8. The Kier molecular flexibility index (Phi) is 7.65. The highest BCUT2D eigenvalue weighted by molar-refractivity contribution is 9.10. The third kappa shape index (κ3) is 4.92. The van der Waals surface area contributed by atoms with E-state index in [0.717, 1.165) is 46.9 Å². The second kappa shape index (κ2) is 10.9. The van der Waals surface area contributed by atoms with Crippen LogP contribution in [0.3, 0.4) is 0 Å². The number of benzene rings is 2. The molecule has 2 saturated heterocycles. The van der Waals surface area contributed by atoms with Crippen LogP contribution in [-0.4, -0.2) is 41.3 Å². The maximum Gasteiger partial charge on any atom is 0.238 e. The van der Waals surface area contributed by atoms with Gasteiger partial charge < -0.3 is 14.9 Å². The predicted octanol–water partition coefficient (Wildman–Crippen LogP) is 5.63. The van der Waals surface area contributed by atoms with E-state index >= 15 is 0 Å². The van der Waals surface area contributed by atoms with Crippen LogP contribution in [0.2, 0.25) is 0 Å². The van der Waals surface area contributed by atoms with Crippen molar-refractivity contribution in [3.05, 3.63) is 75.3 Å². The molecule has 5 rings (SSSR count). The number of fused-ring (bicyclic) bond motifs is 3. The first kappa shape index (κ1) is 25.9. The number of hydrogen-bond acceptors (Lipinski definition) is 5. The van der Waals surface area contributed by atoms with Gasteiger partial charge in [-0.05, 0) is 67.2 Å². The standard InChI is InChI=1S/C30H32BrNO5/c1-2-6-18(13-19-14-21(31)10-11-25(19)34)9-12-26-27-20(16-33)15-23-28(24(27)17-37-26)30(36)32(29(23)35)22-7-4-3-5-8-22/h3-5,7-8,10-11,13-14,23-24,26,28,33-34H,2,6,9,12,15-17H2,1H3/b18-13+/t23-,24+,26-,28-/m1/s1. The zero-order valence-corrected chi connectivity index (χ0v) is 22.5. The normalized spacial score (nSPS) is 25.6. The van der Waals surface area contributed by atoms with Gasteiger partial charge in [-0.3, -0.25) is 14.5 Å². The van der Waals surface area contributed by atoms with Gasteiger partial charge in [0.1, 0.15) is 5.75 Å². The maximum absolute atomic E-state index is 13.5. The molecule has 2 N–H and O–H groups in total. The minimum Gasteiger partial charge on any atom is -0.507 e. The summed E-state index contributed by atoms with van der Waals surface area (Å²) in [5, 5.41) is 20.6. The summed E-state index contributed by atoms with van der Waals surface area (Å²) in [5.74, 6) is -1.21. The Morgan fingerprint density at radius 2 is 1.89 bits per heavy atom. The van der Waals surface area contributed by atoms with Crippen molar-refractivity contribution in [3.63, 3.8) is 0 Å². The summed E-state index contributed by atoms with van der Waals surface area (Å²) >= 11 is 3.48. The smallest absolute Gasteiger partial charge is 0.238 e. The van der Waals surface area contributed by atoms with E-state index in [1.807, 2.05) is 36.4 Å². The summed E-state index contributed by atoms with van der Waals surface area (Å²) < 4.78 is 7.16. The highest BCUT2D eigenvalue weighted by Crippen LogP contribution is 2.50. The number of imide groups is 1. The molecule has 2 amide bonds. The summed E-state index contributed by atoms with van der Waals surface area (Å²) in [7, 11) is 0. The third-order valence-electron chi connectivity index (χ3n) is 7.86. The zero-order chi connectivity index (χ0) is 26.1. The molecular formula is C30H32BrNO5. The Hall–Kier alpha value is -2.74. The average molecular weight is 566 g/mol. The Morgan fingerprint density at radius 1 is 1.11 bits per heavy atom. The fourth-order valence-corrected chi connectivity index (χ4v) is 6.60. The minimum absolute atomic E-state index is 0.134. The number of aromatic hydroxyl groups is 1. The molecule has 2 aromatic rings. The zero-order valence-electron chi connectivity index (χ0n) is 20.9. The first-order chi connectivity index (χ1) is 17.9. The van der Waals surface area contributed by atoms with Crippen molar-refractivity contribution in [1.82, 2.24) is 0 Å². The van der Waals surface area contributed by atoms with Gasteiger partial charge in [-0.25, -0.2) is 0 Å². The molecular weight excluding hydrogens is 534 g/mol. The monoisotopic (exact) mass is 565 g/mol. The number of allylic oxidation sites excluding steroid dienone is 1. The number of amides is 2. The second-order valence-corrected chi connectivity index (χ2v) is 11.0. The van der Waals surface area contributed by atoms with Crippen LogP contribution >= 0.6 is 15.9 Å². The number of aliphatic hydroxyl groups excluding tert-OH is 1. The number of phenols is 1. The molecule has 4 atom stereocenters. The van der Waals surface area contributed by atoms with Crippen molar-refractivity contribution in [1.29, 1.82) is 0 Å². The lowest BCUT2D eigenvalue weighted by atomic mass is 9.69. The summed E-state index contributed by atoms with van der Waals surface area (Å²) in [6.07, 6.45) is 5.62. The summed E-state index contributed by atoms with van der Waals surface area (Å²) in [6, 6.07) is 14.5. The van der Waals surface area contributed by atoms with E-state index in [1.165, 1.54) is 10.5 Å². The van der Waals surface area contributed by atoms with Crippen molar-refractivity contribution in [2.24, 2.45) is 17.8 Å². The summed E-state index contributed by atoms with van der Waals surface area (Å²) in [4.78, 5) is 28.2. The van der Waals surface area contributed by atoms with E-state index in [4.69, 9.17) is 4.74 Å². The molecule has 37 heavy (non-hydrogen) atoms. The lowest BCUT2D eigenvalue weighted by molar-refractivity contribution is -0.122. The fourth-order valence-electron chi connectivity index (χ4n) is 6.22. The quantitative estimate of drug-likeness (QED) is 0.320. The van der Waals surface area contributed by atoms with Crippen LogP contribution in [-0.2, 0) is 14.3 Å². The molecule has 194 valence electrons. The number of carbonyl (C=O) groups excluding carboxylic acids is 2. The van der Waals surface area contributed by atoms with E-state index in [1.54, 1.807) is 18.2 Å². The van der Waals surface area contributed by atoms with Gasteiger partial charge in [0.15, 0.2) is 0 Å². The number of aliphatic hydroxyl groups is 1. The van der Waals surface area contributed by atoms with Crippen LogP contribution in [0.25, 0.3) is 6.08 Å². The van der Waals surface area contributed by atoms with Gasteiger partial charge >= 0.3 is 0 Å². The topological polar surface area (TPSA) is 87.1 Å². The Bertz CT molecular complexity index is 1250. The van der Waals surface area contributed by atoms with Gasteiger partial charge in [0, 0.05) is 16.0 Å². The average Bonchev–Trinajstić information content (AvgIpc) is 3.43. The van der Waals surface area contributed by atoms with Crippen molar-refractivity contribution < 1.29 is 24.5 Å². The molecule has 0 bridgehead atoms. The van der Waals surface area contributed by atoms with Crippen LogP contribution < -0.4 is 4.90 Å². The molecule has 3 aliphatic rings. The van der Waals surface area contributed by atoms with Crippen molar-refractivity contribution in [2.45, 2.75) is 45.1 Å². The molecule has 0 radical (unpaired) electrons.